The second kappa shape index (κ2) is 6.82. The molecule has 1 aliphatic rings. The minimum atomic E-state index is -0.623. The van der Waals surface area contributed by atoms with E-state index in [2.05, 4.69) is 11.4 Å². The summed E-state index contributed by atoms with van der Waals surface area (Å²) in [6.07, 6.45) is 4.02. The van der Waals surface area contributed by atoms with Crippen LogP contribution in [0.25, 0.3) is 0 Å². The number of aryl methyl sites for hydroxylation is 2. The van der Waals surface area contributed by atoms with Crippen molar-refractivity contribution in [2.75, 3.05) is 5.32 Å². The van der Waals surface area contributed by atoms with Crippen molar-refractivity contribution in [1.29, 1.82) is 0 Å². The summed E-state index contributed by atoms with van der Waals surface area (Å²) in [4.78, 5) is 12.2. The normalized spacial score (nSPS) is 14.7. The Morgan fingerprint density at radius 3 is 2.52 bits per heavy atom. The second-order valence-corrected chi connectivity index (χ2v) is 5.89. The number of hydrogen-bond acceptors (Lipinski definition) is 2. The molecular weight excluding hydrogens is 293 g/mol. The van der Waals surface area contributed by atoms with E-state index < -0.39 is 6.10 Å². The van der Waals surface area contributed by atoms with Gasteiger partial charge in [-0.25, -0.2) is 4.39 Å². The zero-order valence-corrected chi connectivity index (χ0v) is 13.1. The minimum Gasteiger partial charge on any atom is -0.481 e. The van der Waals surface area contributed by atoms with Gasteiger partial charge < -0.3 is 10.1 Å². The Morgan fingerprint density at radius 2 is 1.78 bits per heavy atom. The lowest BCUT2D eigenvalue weighted by Crippen LogP contribution is -2.30. The molecular formula is C19H20FNO2. The van der Waals surface area contributed by atoms with Crippen molar-refractivity contribution in [2.45, 2.75) is 38.7 Å². The lowest BCUT2D eigenvalue weighted by molar-refractivity contribution is -0.122. The molecule has 0 spiro atoms. The highest BCUT2D eigenvalue weighted by atomic mass is 19.1. The van der Waals surface area contributed by atoms with E-state index in [1.165, 1.54) is 48.2 Å². The molecule has 0 radical (unpaired) electrons. The van der Waals surface area contributed by atoms with E-state index in [-0.39, 0.29) is 11.7 Å². The molecule has 1 N–H and O–H groups in total. The van der Waals surface area contributed by atoms with Gasteiger partial charge in [0, 0.05) is 5.69 Å². The number of fused-ring (bicyclic) bond motifs is 1. The largest absolute Gasteiger partial charge is 0.481 e. The van der Waals surface area contributed by atoms with Gasteiger partial charge in [0.1, 0.15) is 11.6 Å². The number of ether oxygens (including phenoxy) is 1. The molecule has 0 saturated carbocycles. The van der Waals surface area contributed by atoms with Crippen LogP contribution in [0.4, 0.5) is 10.1 Å². The number of benzene rings is 2. The first-order chi connectivity index (χ1) is 11.1. The van der Waals surface area contributed by atoms with Crippen molar-refractivity contribution >= 4 is 11.6 Å². The Bertz CT molecular complexity index is 697. The molecule has 0 saturated heterocycles. The van der Waals surface area contributed by atoms with Gasteiger partial charge in [0.2, 0.25) is 0 Å². The van der Waals surface area contributed by atoms with Crippen LogP contribution in [0, 0.1) is 5.82 Å². The van der Waals surface area contributed by atoms with Crippen LogP contribution in [0.3, 0.4) is 0 Å². The number of carbonyl (C=O) groups excluding carboxylic acids is 1. The molecule has 3 rings (SSSR count). The summed E-state index contributed by atoms with van der Waals surface area (Å²) in [5.41, 5.74) is 3.25. The molecule has 4 heteroatoms. The number of rotatable bonds is 4. The number of carbonyl (C=O) groups is 1. The van der Waals surface area contributed by atoms with Gasteiger partial charge in [-0.1, -0.05) is 6.07 Å². The van der Waals surface area contributed by atoms with Crippen LogP contribution in [0.1, 0.15) is 30.9 Å². The van der Waals surface area contributed by atoms with Crippen LogP contribution < -0.4 is 10.1 Å². The molecule has 1 aliphatic carbocycles. The summed E-state index contributed by atoms with van der Waals surface area (Å²) in [5.74, 6) is 0.128. The number of hydrogen-bond donors (Lipinski definition) is 1. The smallest absolute Gasteiger partial charge is 0.265 e. The molecule has 3 nitrogen and oxygen atoms in total. The first-order valence-corrected chi connectivity index (χ1v) is 7.97. The predicted octanol–water partition coefficient (Wildman–Crippen LogP) is 4.11. The number of halogens is 1. The van der Waals surface area contributed by atoms with Crippen molar-refractivity contribution in [3.8, 4) is 5.75 Å². The molecule has 0 aliphatic heterocycles. The Kier molecular flexibility index (Phi) is 4.60. The summed E-state index contributed by atoms with van der Waals surface area (Å²) < 4.78 is 18.6. The van der Waals surface area contributed by atoms with E-state index in [4.69, 9.17) is 4.74 Å². The lowest BCUT2D eigenvalue weighted by atomic mass is 9.92. The maximum Gasteiger partial charge on any atom is 0.265 e. The summed E-state index contributed by atoms with van der Waals surface area (Å²) in [7, 11) is 0. The number of amides is 1. The van der Waals surface area contributed by atoms with E-state index in [0.29, 0.717) is 11.4 Å². The summed E-state index contributed by atoms with van der Waals surface area (Å²) >= 11 is 0. The van der Waals surface area contributed by atoms with E-state index in [0.717, 1.165) is 12.8 Å². The average Bonchev–Trinajstić information content (AvgIpc) is 2.56. The quantitative estimate of drug-likeness (QED) is 0.922. The average molecular weight is 313 g/mol. The monoisotopic (exact) mass is 313 g/mol. The van der Waals surface area contributed by atoms with Gasteiger partial charge in [-0.3, -0.25) is 4.79 Å². The van der Waals surface area contributed by atoms with Crippen LogP contribution in [0.2, 0.25) is 0 Å². The van der Waals surface area contributed by atoms with Crippen LogP contribution >= 0.6 is 0 Å². The third-order valence-corrected chi connectivity index (χ3v) is 4.11. The van der Waals surface area contributed by atoms with Crippen LogP contribution in [-0.2, 0) is 17.6 Å². The number of nitrogens with one attached hydrogen (secondary N) is 1. The van der Waals surface area contributed by atoms with Gasteiger partial charge in [0.25, 0.3) is 5.91 Å². The highest BCUT2D eigenvalue weighted by Gasteiger charge is 2.16. The first-order valence-electron chi connectivity index (χ1n) is 7.97. The van der Waals surface area contributed by atoms with Crippen molar-refractivity contribution in [2.24, 2.45) is 0 Å². The van der Waals surface area contributed by atoms with Crippen LogP contribution in [-0.4, -0.2) is 12.0 Å². The molecule has 0 bridgehead atoms. The second-order valence-electron chi connectivity index (χ2n) is 5.89. The van der Waals surface area contributed by atoms with Gasteiger partial charge in [-0.2, -0.15) is 0 Å². The van der Waals surface area contributed by atoms with Gasteiger partial charge >= 0.3 is 0 Å². The van der Waals surface area contributed by atoms with Gasteiger partial charge in [-0.05, 0) is 80.1 Å². The van der Waals surface area contributed by atoms with Crippen molar-refractivity contribution in [3.63, 3.8) is 0 Å². The molecule has 0 heterocycles. The van der Waals surface area contributed by atoms with E-state index in [9.17, 15) is 9.18 Å². The third kappa shape index (κ3) is 3.89. The fourth-order valence-electron chi connectivity index (χ4n) is 2.82. The standard InChI is InChI=1S/C19H20FNO2/c1-13(19(22)21-17-9-7-16(20)8-10-17)23-18-11-6-14-4-2-3-5-15(14)12-18/h6-13H,2-5H2,1H3,(H,21,22). The SMILES string of the molecule is CC(Oc1ccc2c(c1)CCCC2)C(=O)Nc1ccc(F)cc1. The topological polar surface area (TPSA) is 38.3 Å². The zero-order valence-electron chi connectivity index (χ0n) is 13.1. The fourth-order valence-corrected chi connectivity index (χ4v) is 2.82. The Hall–Kier alpha value is -2.36. The molecule has 1 atom stereocenters. The van der Waals surface area contributed by atoms with E-state index in [1.807, 2.05) is 12.1 Å². The van der Waals surface area contributed by atoms with Crippen molar-refractivity contribution in [3.05, 3.63) is 59.4 Å². The summed E-state index contributed by atoms with van der Waals surface area (Å²) in [6, 6.07) is 11.7. The highest BCUT2D eigenvalue weighted by Crippen LogP contribution is 2.26. The number of anilines is 1. The van der Waals surface area contributed by atoms with Gasteiger partial charge in [0.05, 0.1) is 0 Å². The van der Waals surface area contributed by atoms with Crippen molar-refractivity contribution in [1.82, 2.24) is 0 Å². The molecule has 1 amide bonds. The van der Waals surface area contributed by atoms with E-state index in [1.54, 1.807) is 6.92 Å². The lowest BCUT2D eigenvalue weighted by Gasteiger charge is -2.19. The Morgan fingerprint density at radius 1 is 1.09 bits per heavy atom. The van der Waals surface area contributed by atoms with Crippen LogP contribution in [0.15, 0.2) is 42.5 Å². The third-order valence-electron chi connectivity index (χ3n) is 4.11. The summed E-state index contributed by atoms with van der Waals surface area (Å²) in [6.45, 7) is 1.71. The van der Waals surface area contributed by atoms with Gasteiger partial charge in [-0.15, -0.1) is 0 Å². The molecule has 120 valence electrons. The molecule has 2 aromatic rings. The zero-order chi connectivity index (χ0) is 16.2. The van der Waals surface area contributed by atoms with Crippen molar-refractivity contribution < 1.29 is 13.9 Å². The van der Waals surface area contributed by atoms with E-state index >= 15 is 0 Å². The first kappa shape index (κ1) is 15.5. The maximum absolute atomic E-state index is 12.9. The maximum atomic E-state index is 12.9. The highest BCUT2D eigenvalue weighted by molar-refractivity contribution is 5.94. The Labute approximate surface area is 135 Å². The molecule has 0 fully saturated rings. The molecule has 23 heavy (non-hydrogen) atoms. The summed E-state index contributed by atoms with van der Waals surface area (Å²) in [5, 5.41) is 2.72. The van der Waals surface area contributed by atoms with Gasteiger partial charge in [0.15, 0.2) is 6.10 Å². The Balaban J connectivity index is 1.62. The molecule has 2 aromatic carbocycles. The predicted molar refractivity (Wildman–Crippen MR) is 88.2 cm³/mol. The molecule has 0 aromatic heterocycles. The minimum absolute atomic E-state index is 0.255. The fraction of sp³-hybridized carbons (Fsp3) is 0.316. The molecule has 1 unspecified atom stereocenters. The van der Waals surface area contributed by atoms with Crippen LogP contribution in [0.5, 0.6) is 5.75 Å².